The van der Waals surface area contributed by atoms with Crippen LogP contribution in [0.3, 0.4) is 0 Å². The van der Waals surface area contributed by atoms with Gasteiger partial charge in [-0.3, -0.25) is 9.20 Å². The Kier molecular flexibility index (Phi) is 5.15. The molecule has 0 saturated carbocycles. The minimum absolute atomic E-state index is 0.129. The number of carbonyl (C=O) groups is 1. The number of carbonyl (C=O) groups excluding carboxylic acids is 1. The molecular weight excluding hydrogens is 338 g/mol. The van der Waals surface area contributed by atoms with E-state index in [4.69, 9.17) is 4.98 Å². The van der Waals surface area contributed by atoms with Crippen molar-refractivity contribution in [2.75, 3.05) is 6.61 Å². The van der Waals surface area contributed by atoms with E-state index in [-0.39, 0.29) is 12.5 Å². The predicted octanol–water partition coefficient (Wildman–Crippen LogP) is 3.52. The third-order valence-corrected chi connectivity index (χ3v) is 4.39. The van der Waals surface area contributed by atoms with E-state index < -0.39 is 5.54 Å². The van der Waals surface area contributed by atoms with Crippen molar-refractivity contribution in [3.8, 4) is 11.3 Å². The largest absolute Gasteiger partial charge is 0.394 e. The molecule has 0 unspecified atom stereocenters. The van der Waals surface area contributed by atoms with Crippen LogP contribution in [0.5, 0.6) is 0 Å². The van der Waals surface area contributed by atoms with Crippen molar-refractivity contribution in [3.63, 3.8) is 0 Å². The van der Waals surface area contributed by atoms with E-state index in [1.165, 1.54) is 11.6 Å². The Morgan fingerprint density at radius 2 is 1.89 bits per heavy atom. The minimum Gasteiger partial charge on any atom is -0.394 e. The molecule has 0 atom stereocenters. The summed E-state index contributed by atoms with van der Waals surface area (Å²) in [5.74, 6) is -0.258. The number of pyridine rings is 1. The molecule has 0 fully saturated rings. The highest BCUT2D eigenvalue weighted by atomic mass is 16.3. The molecule has 27 heavy (non-hydrogen) atoms. The van der Waals surface area contributed by atoms with Crippen molar-refractivity contribution in [3.05, 3.63) is 65.5 Å². The molecule has 0 aliphatic heterocycles. The summed E-state index contributed by atoms with van der Waals surface area (Å²) in [7, 11) is 0. The summed E-state index contributed by atoms with van der Waals surface area (Å²) in [5, 5.41) is 12.1. The maximum Gasteiger partial charge on any atom is 0.244 e. The van der Waals surface area contributed by atoms with Crippen molar-refractivity contribution < 1.29 is 9.90 Å². The Labute approximate surface area is 159 Å². The molecule has 0 aliphatic rings. The van der Waals surface area contributed by atoms with Crippen LogP contribution in [0.25, 0.3) is 23.0 Å². The minimum atomic E-state index is -0.669. The van der Waals surface area contributed by atoms with Crippen LogP contribution < -0.4 is 5.32 Å². The first-order valence-corrected chi connectivity index (χ1v) is 8.96. The fourth-order valence-electron chi connectivity index (χ4n) is 2.82. The number of amides is 1. The first kappa shape index (κ1) is 18.9. The molecule has 2 aromatic heterocycles. The Balaban J connectivity index is 2.04. The van der Waals surface area contributed by atoms with Crippen molar-refractivity contribution >= 4 is 17.6 Å². The normalized spacial score (nSPS) is 12.0. The smallest absolute Gasteiger partial charge is 0.244 e. The predicted molar refractivity (Wildman–Crippen MR) is 108 cm³/mol. The summed E-state index contributed by atoms with van der Waals surface area (Å²) < 4.78 is 1.98. The Bertz CT molecular complexity index is 998. The van der Waals surface area contributed by atoms with Crippen LogP contribution in [0.2, 0.25) is 0 Å². The molecule has 0 radical (unpaired) electrons. The van der Waals surface area contributed by atoms with Crippen molar-refractivity contribution in [1.82, 2.24) is 14.7 Å². The highest BCUT2D eigenvalue weighted by Crippen LogP contribution is 2.26. The van der Waals surface area contributed by atoms with Gasteiger partial charge in [-0.05, 0) is 51.5 Å². The van der Waals surface area contributed by atoms with E-state index in [1.807, 2.05) is 48.7 Å². The zero-order chi connectivity index (χ0) is 19.6. The van der Waals surface area contributed by atoms with Gasteiger partial charge >= 0.3 is 0 Å². The van der Waals surface area contributed by atoms with Gasteiger partial charge in [0.05, 0.1) is 23.5 Å². The number of nitrogens with zero attached hydrogens (tertiary/aromatic N) is 2. The fourth-order valence-corrected chi connectivity index (χ4v) is 2.82. The highest BCUT2D eigenvalue weighted by Gasteiger charge is 2.18. The molecule has 5 nitrogen and oxygen atoms in total. The molecule has 3 rings (SSSR count). The first-order chi connectivity index (χ1) is 12.8. The maximum absolute atomic E-state index is 12.3. The van der Waals surface area contributed by atoms with E-state index in [1.54, 1.807) is 19.9 Å². The topological polar surface area (TPSA) is 66.6 Å². The lowest BCUT2D eigenvalue weighted by atomic mass is 10.1. The number of aliphatic hydroxyl groups excluding tert-OH is 1. The van der Waals surface area contributed by atoms with Crippen molar-refractivity contribution in [1.29, 1.82) is 0 Å². The summed E-state index contributed by atoms with van der Waals surface area (Å²) in [6, 6.07) is 12.2. The molecule has 0 saturated heterocycles. The summed E-state index contributed by atoms with van der Waals surface area (Å²) in [6.45, 7) is 7.49. The molecular formula is C22H25N3O2. The summed E-state index contributed by atoms with van der Waals surface area (Å²) >= 11 is 0. The Morgan fingerprint density at radius 1 is 1.19 bits per heavy atom. The average molecular weight is 363 g/mol. The number of aryl methyl sites for hydroxylation is 2. The molecule has 140 valence electrons. The molecule has 0 bridgehead atoms. The van der Waals surface area contributed by atoms with Crippen LogP contribution in [-0.4, -0.2) is 32.5 Å². The lowest BCUT2D eigenvalue weighted by Gasteiger charge is -2.22. The molecule has 3 aromatic rings. The van der Waals surface area contributed by atoms with E-state index in [0.29, 0.717) is 0 Å². The van der Waals surface area contributed by atoms with Crippen LogP contribution >= 0.6 is 0 Å². The fraction of sp³-hybridized carbons (Fsp3) is 0.273. The molecule has 1 amide bonds. The number of rotatable bonds is 5. The van der Waals surface area contributed by atoms with E-state index in [9.17, 15) is 9.90 Å². The maximum atomic E-state index is 12.3. The SMILES string of the molecule is Cc1ccc(-c2nc3cc(C)ccn3c2/C=C/C(=O)NC(C)(C)CO)cc1. The van der Waals surface area contributed by atoms with Crippen molar-refractivity contribution in [2.45, 2.75) is 33.2 Å². The van der Waals surface area contributed by atoms with Crippen LogP contribution in [0.4, 0.5) is 0 Å². The van der Waals surface area contributed by atoms with Gasteiger partial charge in [-0.15, -0.1) is 0 Å². The van der Waals surface area contributed by atoms with Crippen LogP contribution in [0.15, 0.2) is 48.7 Å². The molecule has 0 aliphatic carbocycles. The van der Waals surface area contributed by atoms with Crippen LogP contribution in [0, 0.1) is 13.8 Å². The van der Waals surface area contributed by atoms with Crippen LogP contribution in [-0.2, 0) is 4.79 Å². The number of aromatic nitrogens is 2. The zero-order valence-electron chi connectivity index (χ0n) is 16.2. The molecule has 2 N–H and O–H groups in total. The summed E-state index contributed by atoms with van der Waals surface area (Å²) in [5.41, 5.74) is 5.13. The van der Waals surface area contributed by atoms with Crippen LogP contribution in [0.1, 0.15) is 30.7 Å². The monoisotopic (exact) mass is 363 g/mol. The quantitative estimate of drug-likeness (QED) is 0.682. The van der Waals surface area contributed by atoms with Gasteiger partial charge in [0, 0.05) is 17.8 Å². The van der Waals surface area contributed by atoms with Gasteiger partial charge < -0.3 is 10.4 Å². The van der Waals surface area contributed by atoms with E-state index >= 15 is 0 Å². The number of imidazole rings is 1. The Hall–Kier alpha value is -2.92. The molecule has 0 spiro atoms. The van der Waals surface area contributed by atoms with Gasteiger partial charge in [0.2, 0.25) is 5.91 Å². The molecule has 1 aromatic carbocycles. The van der Waals surface area contributed by atoms with Gasteiger partial charge in [-0.25, -0.2) is 4.98 Å². The number of hydrogen-bond donors (Lipinski definition) is 2. The van der Waals surface area contributed by atoms with Gasteiger partial charge in [-0.2, -0.15) is 0 Å². The average Bonchev–Trinajstić information content (AvgIpc) is 2.97. The number of benzene rings is 1. The lowest BCUT2D eigenvalue weighted by Crippen LogP contribution is -2.45. The van der Waals surface area contributed by atoms with Gasteiger partial charge in [0.1, 0.15) is 5.65 Å². The first-order valence-electron chi connectivity index (χ1n) is 8.96. The highest BCUT2D eigenvalue weighted by molar-refractivity contribution is 5.93. The standard InChI is InChI=1S/C22H25N3O2/c1-15-5-7-17(8-6-15)21-18(9-10-20(27)24-22(3,4)14-26)25-12-11-16(2)13-19(25)23-21/h5-13,26H,14H2,1-4H3,(H,24,27)/b10-9+. The lowest BCUT2D eigenvalue weighted by molar-refractivity contribution is -0.118. The number of fused-ring (bicyclic) bond motifs is 1. The molecule has 2 heterocycles. The van der Waals surface area contributed by atoms with E-state index in [2.05, 4.69) is 17.4 Å². The number of hydrogen-bond acceptors (Lipinski definition) is 3. The number of aliphatic hydroxyl groups is 1. The van der Waals surface area contributed by atoms with Gasteiger partial charge in [-0.1, -0.05) is 29.8 Å². The second-order valence-electron chi connectivity index (χ2n) is 7.51. The third kappa shape index (κ3) is 4.26. The Morgan fingerprint density at radius 3 is 2.56 bits per heavy atom. The third-order valence-electron chi connectivity index (χ3n) is 4.39. The van der Waals surface area contributed by atoms with Gasteiger partial charge in [0.15, 0.2) is 0 Å². The van der Waals surface area contributed by atoms with Gasteiger partial charge in [0.25, 0.3) is 0 Å². The second-order valence-corrected chi connectivity index (χ2v) is 7.51. The second kappa shape index (κ2) is 7.37. The summed E-state index contributed by atoms with van der Waals surface area (Å²) in [6.07, 6.45) is 5.22. The summed E-state index contributed by atoms with van der Waals surface area (Å²) in [4.78, 5) is 17.0. The number of nitrogens with one attached hydrogen (secondary N) is 1. The van der Waals surface area contributed by atoms with Crippen molar-refractivity contribution in [2.24, 2.45) is 0 Å². The molecule has 5 heteroatoms. The van der Waals surface area contributed by atoms with E-state index in [0.717, 1.165) is 28.2 Å². The zero-order valence-corrected chi connectivity index (χ0v) is 16.2.